The Balaban J connectivity index is 4.31. The molecule has 0 saturated heterocycles. The first-order chi connectivity index (χ1) is 6.58. The molecule has 0 aliphatic heterocycles. The van der Waals surface area contributed by atoms with Gasteiger partial charge in [0.2, 0.25) is 0 Å². The fourth-order valence-corrected chi connectivity index (χ4v) is 1.43. The van der Waals surface area contributed by atoms with Gasteiger partial charge >= 0.3 is 5.97 Å². The third kappa shape index (κ3) is 3.66. The Morgan fingerprint density at radius 1 is 1.29 bits per heavy atom. The monoisotopic (exact) mass is 202 g/mol. The third-order valence-corrected chi connectivity index (χ3v) is 2.67. The number of aliphatic hydroxyl groups excluding tert-OH is 1. The number of hydrogen-bond acceptors (Lipinski definition) is 3. The van der Waals surface area contributed by atoms with E-state index in [2.05, 4.69) is 0 Å². The molecule has 0 aliphatic rings. The van der Waals surface area contributed by atoms with Crippen molar-refractivity contribution in [2.45, 2.75) is 46.6 Å². The summed E-state index contributed by atoms with van der Waals surface area (Å²) in [7, 11) is 0. The lowest BCUT2D eigenvalue weighted by Gasteiger charge is -2.24. The van der Waals surface area contributed by atoms with Gasteiger partial charge in [-0.25, -0.2) is 0 Å². The van der Waals surface area contributed by atoms with Gasteiger partial charge in [0.05, 0.1) is 18.6 Å². The predicted octanol–water partition coefficient (Wildman–Crippen LogP) is 1.98. The van der Waals surface area contributed by atoms with Crippen LogP contribution in [0.5, 0.6) is 0 Å². The minimum atomic E-state index is -0.580. The lowest BCUT2D eigenvalue weighted by molar-refractivity contribution is -0.153. The molecule has 0 aromatic heterocycles. The summed E-state index contributed by atoms with van der Waals surface area (Å²) in [6.45, 7) is 8.01. The van der Waals surface area contributed by atoms with Crippen LogP contribution in [0.4, 0.5) is 0 Å². The van der Waals surface area contributed by atoms with E-state index in [4.69, 9.17) is 4.74 Å². The highest BCUT2D eigenvalue weighted by atomic mass is 16.5. The Morgan fingerprint density at radius 3 is 2.21 bits per heavy atom. The molecule has 3 unspecified atom stereocenters. The zero-order valence-corrected chi connectivity index (χ0v) is 9.62. The van der Waals surface area contributed by atoms with E-state index in [9.17, 15) is 9.90 Å². The van der Waals surface area contributed by atoms with Gasteiger partial charge in [-0.1, -0.05) is 27.2 Å². The normalized spacial score (nSPS) is 17.2. The van der Waals surface area contributed by atoms with Crippen molar-refractivity contribution in [3.63, 3.8) is 0 Å². The van der Waals surface area contributed by atoms with Gasteiger partial charge in [0.15, 0.2) is 0 Å². The fourth-order valence-electron chi connectivity index (χ4n) is 1.43. The van der Waals surface area contributed by atoms with Gasteiger partial charge in [0.25, 0.3) is 0 Å². The molecule has 0 aromatic rings. The molecule has 0 amide bonds. The average Bonchev–Trinajstić information content (AvgIpc) is 2.18. The lowest BCUT2D eigenvalue weighted by atomic mass is 9.89. The number of ether oxygens (including phenoxy) is 1. The van der Waals surface area contributed by atoms with E-state index in [0.29, 0.717) is 13.0 Å². The second-order valence-corrected chi connectivity index (χ2v) is 3.64. The van der Waals surface area contributed by atoms with E-state index in [1.54, 1.807) is 6.92 Å². The van der Waals surface area contributed by atoms with Crippen molar-refractivity contribution in [3.05, 3.63) is 0 Å². The maximum Gasteiger partial charge on any atom is 0.311 e. The van der Waals surface area contributed by atoms with Crippen LogP contribution in [0.15, 0.2) is 0 Å². The summed E-state index contributed by atoms with van der Waals surface area (Å²) >= 11 is 0. The summed E-state index contributed by atoms with van der Waals surface area (Å²) < 4.78 is 4.91. The highest BCUT2D eigenvalue weighted by molar-refractivity contribution is 5.73. The van der Waals surface area contributed by atoms with Gasteiger partial charge < -0.3 is 9.84 Å². The number of rotatable bonds is 6. The molecule has 0 radical (unpaired) electrons. The second-order valence-electron chi connectivity index (χ2n) is 3.64. The van der Waals surface area contributed by atoms with Crippen molar-refractivity contribution in [3.8, 4) is 0 Å². The molecule has 0 heterocycles. The molecule has 3 atom stereocenters. The number of carbonyl (C=O) groups excluding carboxylic acids is 1. The molecule has 1 N–H and O–H groups in total. The zero-order valence-electron chi connectivity index (χ0n) is 9.62. The fraction of sp³-hybridized carbons (Fsp3) is 0.909. The quantitative estimate of drug-likeness (QED) is 0.670. The summed E-state index contributed by atoms with van der Waals surface area (Å²) in [6.07, 6.45) is 0.922. The Morgan fingerprint density at radius 2 is 1.86 bits per heavy atom. The summed E-state index contributed by atoms with van der Waals surface area (Å²) in [5.74, 6) is -0.503. The van der Waals surface area contributed by atoms with Gasteiger partial charge in [-0.15, -0.1) is 0 Å². The standard InChI is InChI=1S/C11H22O3/c1-5-8(4)10(12)9(6-2)11(13)14-7-3/h8-10,12H,5-7H2,1-4H3. The molecule has 0 spiro atoms. The molecule has 0 saturated carbocycles. The van der Waals surface area contributed by atoms with Crippen LogP contribution in [-0.4, -0.2) is 23.8 Å². The van der Waals surface area contributed by atoms with Crippen LogP contribution >= 0.6 is 0 Å². The first kappa shape index (κ1) is 13.4. The molecule has 0 aromatic carbocycles. The van der Waals surface area contributed by atoms with Crippen LogP contribution in [0.1, 0.15) is 40.5 Å². The smallest absolute Gasteiger partial charge is 0.311 e. The molecule has 0 rings (SSSR count). The minimum Gasteiger partial charge on any atom is -0.466 e. The van der Waals surface area contributed by atoms with Crippen LogP contribution in [0.25, 0.3) is 0 Å². The number of hydrogen-bond donors (Lipinski definition) is 1. The van der Waals surface area contributed by atoms with Crippen LogP contribution in [0.2, 0.25) is 0 Å². The van der Waals surface area contributed by atoms with E-state index in [1.807, 2.05) is 20.8 Å². The van der Waals surface area contributed by atoms with E-state index < -0.39 is 6.10 Å². The topological polar surface area (TPSA) is 46.5 Å². The summed E-state index contributed by atoms with van der Waals surface area (Å²) in [4.78, 5) is 11.5. The van der Waals surface area contributed by atoms with Crippen LogP contribution in [-0.2, 0) is 9.53 Å². The first-order valence-electron chi connectivity index (χ1n) is 5.43. The van der Waals surface area contributed by atoms with Crippen molar-refractivity contribution in [1.82, 2.24) is 0 Å². The Kier molecular flexibility index (Phi) is 6.54. The van der Waals surface area contributed by atoms with Crippen LogP contribution < -0.4 is 0 Å². The molecular weight excluding hydrogens is 180 g/mol. The minimum absolute atomic E-state index is 0.143. The van der Waals surface area contributed by atoms with Crippen molar-refractivity contribution in [2.24, 2.45) is 11.8 Å². The Bertz CT molecular complexity index is 168. The maximum absolute atomic E-state index is 11.5. The van der Waals surface area contributed by atoms with Gasteiger partial charge in [-0.2, -0.15) is 0 Å². The van der Waals surface area contributed by atoms with Crippen molar-refractivity contribution in [1.29, 1.82) is 0 Å². The van der Waals surface area contributed by atoms with Gasteiger partial charge in [0.1, 0.15) is 0 Å². The molecule has 84 valence electrons. The number of aliphatic hydroxyl groups is 1. The second kappa shape index (κ2) is 6.82. The molecule has 0 fully saturated rings. The lowest BCUT2D eigenvalue weighted by Crippen LogP contribution is -2.34. The summed E-state index contributed by atoms with van der Waals surface area (Å²) in [5, 5.41) is 9.87. The zero-order chi connectivity index (χ0) is 11.1. The van der Waals surface area contributed by atoms with Crippen LogP contribution in [0.3, 0.4) is 0 Å². The number of carbonyl (C=O) groups is 1. The average molecular weight is 202 g/mol. The van der Waals surface area contributed by atoms with Crippen molar-refractivity contribution in [2.75, 3.05) is 6.61 Å². The largest absolute Gasteiger partial charge is 0.466 e. The predicted molar refractivity (Wildman–Crippen MR) is 55.9 cm³/mol. The molecule has 14 heavy (non-hydrogen) atoms. The Hall–Kier alpha value is -0.570. The van der Waals surface area contributed by atoms with Gasteiger partial charge in [-0.3, -0.25) is 4.79 Å². The molecular formula is C11H22O3. The molecule has 0 aliphatic carbocycles. The summed E-state index contributed by atoms with van der Waals surface area (Å²) in [6, 6.07) is 0. The van der Waals surface area contributed by atoms with E-state index >= 15 is 0 Å². The highest BCUT2D eigenvalue weighted by Crippen LogP contribution is 2.20. The van der Waals surface area contributed by atoms with E-state index in [-0.39, 0.29) is 17.8 Å². The highest BCUT2D eigenvalue weighted by Gasteiger charge is 2.29. The summed E-state index contributed by atoms with van der Waals surface area (Å²) in [5.41, 5.74) is 0. The van der Waals surface area contributed by atoms with Crippen LogP contribution in [0, 0.1) is 11.8 Å². The van der Waals surface area contributed by atoms with Gasteiger partial charge in [0, 0.05) is 0 Å². The molecule has 3 nitrogen and oxygen atoms in total. The number of esters is 1. The molecule has 0 bridgehead atoms. The van der Waals surface area contributed by atoms with E-state index in [0.717, 1.165) is 6.42 Å². The Labute approximate surface area is 86.5 Å². The SMILES string of the molecule is CCOC(=O)C(CC)C(O)C(C)CC. The van der Waals surface area contributed by atoms with Crippen molar-refractivity contribution >= 4 is 5.97 Å². The maximum atomic E-state index is 11.5. The third-order valence-electron chi connectivity index (χ3n) is 2.67. The first-order valence-corrected chi connectivity index (χ1v) is 5.43. The van der Waals surface area contributed by atoms with Crippen molar-refractivity contribution < 1.29 is 14.6 Å². The van der Waals surface area contributed by atoms with E-state index in [1.165, 1.54) is 0 Å². The van der Waals surface area contributed by atoms with Gasteiger partial charge in [-0.05, 0) is 19.3 Å². The molecule has 3 heteroatoms.